The summed E-state index contributed by atoms with van der Waals surface area (Å²) >= 11 is 0. The summed E-state index contributed by atoms with van der Waals surface area (Å²) in [6, 6.07) is 43.5. The zero-order chi connectivity index (χ0) is 46.4. The molecule has 0 aliphatic heterocycles. The molecular formula is C68H66. The third-order valence-electron chi connectivity index (χ3n) is 19.3. The Morgan fingerprint density at radius 2 is 1.07 bits per heavy atom. The molecule has 5 atom stereocenters. The lowest BCUT2D eigenvalue weighted by atomic mass is 9.58. The van der Waals surface area contributed by atoms with E-state index in [-0.39, 0.29) is 10.8 Å². The molecule has 13 rings (SSSR count). The Morgan fingerprint density at radius 1 is 0.485 bits per heavy atom. The Bertz CT molecular complexity index is 3300. The predicted octanol–water partition coefficient (Wildman–Crippen LogP) is 17.5. The number of hydrogen-bond acceptors (Lipinski definition) is 0. The van der Waals surface area contributed by atoms with Gasteiger partial charge in [0, 0.05) is 17.3 Å². The maximum absolute atomic E-state index is 2.74. The molecule has 1 fully saturated rings. The molecule has 0 amide bonds. The molecule has 0 radical (unpaired) electrons. The van der Waals surface area contributed by atoms with Gasteiger partial charge in [-0.2, -0.15) is 0 Å². The lowest BCUT2D eigenvalue weighted by Gasteiger charge is -2.44. The largest absolute Gasteiger partial charge is 0.0619 e. The van der Waals surface area contributed by atoms with E-state index in [1.54, 1.807) is 39.0 Å². The molecular weight excluding hydrogens is 817 g/mol. The van der Waals surface area contributed by atoms with Crippen molar-refractivity contribution in [3.05, 3.63) is 234 Å². The first-order valence-electron chi connectivity index (χ1n) is 26.1. The highest BCUT2D eigenvalue weighted by Gasteiger charge is 2.60. The molecule has 7 aliphatic carbocycles. The standard InChI is InChI=1S/C68H66/c1-39-17-25-49(26-18-39)68(50-27-19-40(2)20-28-50)65-36-48(46-22-30-56-54-16-12-10-14-52(54)42(4)44(6)60(56)34-46)24-32-58(65)62-37-64-61(38-66(62)68)57-31-23-47(35-63(57)67(64,7)8)45-21-29-55-53-15-11-9-13-51(53)41(3)43(5)59(55)33-45/h10,12,14,16-34,37,42,44,63,65-66H,9,11,13,15,35-36,38H2,1-8H3. The van der Waals surface area contributed by atoms with E-state index in [9.17, 15) is 0 Å². The number of hydrogen-bond donors (Lipinski definition) is 0. The Hall–Kier alpha value is -5.98. The molecule has 338 valence electrons. The third-order valence-corrected chi connectivity index (χ3v) is 19.3. The summed E-state index contributed by atoms with van der Waals surface area (Å²) in [5, 5.41) is 2.96. The maximum atomic E-state index is 2.74. The maximum Gasteiger partial charge on any atom is 0.0346 e. The minimum absolute atomic E-state index is 0.0152. The van der Waals surface area contributed by atoms with E-state index >= 15 is 0 Å². The highest BCUT2D eigenvalue weighted by Crippen LogP contribution is 2.69. The van der Waals surface area contributed by atoms with E-state index in [4.69, 9.17) is 0 Å². The summed E-state index contributed by atoms with van der Waals surface area (Å²) in [7, 11) is 0. The van der Waals surface area contributed by atoms with Crippen LogP contribution in [0.3, 0.4) is 0 Å². The van der Waals surface area contributed by atoms with Crippen LogP contribution in [0, 0.1) is 50.9 Å². The zero-order valence-corrected chi connectivity index (χ0v) is 41.6. The van der Waals surface area contributed by atoms with Crippen molar-refractivity contribution >= 4 is 21.9 Å². The van der Waals surface area contributed by atoms with Crippen LogP contribution >= 0.6 is 0 Å². The summed E-state index contributed by atoms with van der Waals surface area (Å²) in [6.45, 7) is 19.2. The fraction of sp³-hybridized carbons (Fsp3) is 0.324. The van der Waals surface area contributed by atoms with Gasteiger partial charge in [0.15, 0.2) is 0 Å². The van der Waals surface area contributed by atoms with Gasteiger partial charge in [-0.1, -0.05) is 172 Å². The molecule has 5 unspecified atom stereocenters. The SMILES string of the molecule is Cc1ccc(C2(c3ccc(C)cc3)C3CC(c4ccc5c(c4)C(C)C(C)c4ccccc4-5)=CC=C3C3=CC4=C(CC32)C2=CC=C(c3ccc5c6c(c(C)c(C)c5c3)CCCC6)CC2C4(C)C)cc1. The van der Waals surface area contributed by atoms with Crippen molar-refractivity contribution in [2.45, 2.75) is 118 Å². The number of allylic oxidation sites excluding steroid dienone is 12. The van der Waals surface area contributed by atoms with Crippen molar-refractivity contribution in [2.24, 2.45) is 23.2 Å². The molecule has 1 saturated carbocycles. The molecule has 0 nitrogen and oxygen atoms in total. The van der Waals surface area contributed by atoms with Gasteiger partial charge < -0.3 is 0 Å². The van der Waals surface area contributed by atoms with Crippen molar-refractivity contribution < 1.29 is 0 Å². The number of aryl methyl sites for hydroxylation is 4. The number of benzene rings is 6. The van der Waals surface area contributed by atoms with E-state index < -0.39 is 0 Å². The van der Waals surface area contributed by atoms with Gasteiger partial charge in [0.2, 0.25) is 0 Å². The lowest BCUT2D eigenvalue weighted by molar-refractivity contribution is 0.320. The van der Waals surface area contributed by atoms with Crippen LogP contribution in [0.15, 0.2) is 167 Å². The normalized spacial score (nSPS) is 24.8. The molecule has 0 heteroatoms. The first-order valence-corrected chi connectivity index (χ1v) is 26.1. The van der Waals surface area contributed by atoms with Gasteiger partial charge in [-0.3, -0.25) is 0 Å². The minimum Gasteiger partial charge on any atom is -0.0619 e. The average molecular weight is 883 g/mol. The predicted molar refractivity (Wildman–Crippen MR) is 287 cm³/mol. The monoisotopic (exact) mass is 883 g/mol. The molecule has 0 heterocycles. The van der Waals surface area contributed by atoms with Crippen molar-refractivity contribution in [3.8, 4) is 11.1 Å². The Labute approximate surface area is 406 Å². The topological polar surface area (TPSA) is 0 Å². The Morgan fingerprint density at radius 3 is 1.79 bits per heavy atom. The third kappa shape index (κ3) is 5.91. The summed E-state index contributed by atoms with van der Waals surface area (Å²) in [5.41, 5.74) is 31.1. The lowest BCUT2D eigenvalue weighted by Crippen LogP contribution is -2.40. The molecule has 68 heavy (non-hydrogen) atoms. The molecule has 0 bridgehead atoms. The van der Waals surface area contributed by atoms with Crippen LogP contribution < -0.4 is 0 Å². The van der Waals surface area contributed by atoms with Crippen LogP contribution in [0.25, 0.3) is 33.0 Å². The second kappa shape index (κ2) is 15.3. The van der Waals surface area contributed by atoms with Gasteiger partial charge in [0.25, 0.3) is 0 Å². The molecule has 0 saturated heterocycles. The molecule has 7 aliphatic rings. The van der Waals surface area contributed by atoms with Crippen molar-refractivity contribution in [3.63, 3.8) is 0 Å². The minimum atomic E-state index is -0.231. The fourth-order valence-corrected chi connectivity index (χ4v) is 15.3. The van der Waals surface area contributed by atoms with E-state index in [2.05, 4.69) is 195 Å². The van der Waals surface area contributed by atoms with Gasteiger partial charge in [0.05, 0.1) is 0 Å². The van der Waals surface area contributed by atoms with E-state index in [0.29, 0.717) is 29.6 Å². The van der Waals surface area contributed by atoms with Crippen LogP contribution in [0.5, 0.6) is 0 Å². The van der Waals surface area contributed by atoms with Crippen LogP contribution in [-0.4, -0.2) is 0 Å². The van der Waals surface area contributed by atoms with Crippen LogP contribution in [-0.2, 0) is 18.3 Å². The summed E-state index contributed by atoms with van der Waals surface area (Å²) in [5.74, 6) is 2.00. The van der Waals surface area contributed by atoms with Crippen LogP contribution in [0.4, 0.5) is 0 Å². The number of rotatable bonds is 4. The smallest absolute Gasteiger partial charge is 0.0346 e. The highest BCUT2D eigenvalue weighted by molar-refractivity contribution is 5.94. The van der Waals surface area contributed by atoms with E-state index in [1.165, 1.54) is 114 Å². The molecule has 0 N–H and O–H groups in total. The van der Waals surface area contributed by atoms with Crippen molar-refractivity contribution in [1.29, 1.82) is 0 Å². The van der Waals surface area contributed by atoms with E-state index in [0.717, 1.165) is 19.3 Å². The summed E-state index contributed by atoms with van der Waals surface area (Å²) < 4.78 is 0. The van der Waals surface area contributed by atoms with Gasteiger partial charge in [-0.25, -0.2) is 0 Å². The van der Waals surface area contributed by atoms with Gasteiger partial charge in [-0.05, 0) is 218 Å². The van der Waals surface area contributed by atoms with E-state index in [1.807, 2.05) is 0 Å². The van der Waals surface area contributed by atoms with Gasteiger partial charge in [0.1, 0.15) is 0 Å². The molecule has 6 aromatic carbocycles. The molecule has 0 spiro atoms. The molecule has 6 aromatic rings. The fourth-order valence-electron chi connectivity index (χ4n) is 15.3. The number of fused-ring (bicyclic) bond motifs is 11. The van der Waals surface area contributed by atoms with Gasteiger partial charge >= 0.3 is 0 Å². The van der Waals surface area contributed by atoms with Gasteiger partial charge in [-0.15, -0.1) is 0 Å². The van der Waals surface area contributed by atoms with Crippen molar-refractivity contribution in [2.75, 3.05) is 0 Å². The van der Waals surface area contributed by atoms with Crippen molar-refractivity contribution in [1.82, 2.24) is 0 Å². The van der Waals surface area contributed by atoms with Crippen LogP contribution in [0.2, 0.25) is 0 Å². The van der Waals surface area contributed by atoms with Crippen LogP contribution in [0.1, 0.15) is 138 Å². The summed E-state index contributed by atoms with van der Waals surface area (Å²) in [6.07, 6.45) is 21.2. The quantitative estimate of drug-likeness (QED) is 0.165. The molecule has 0 aromatic heterocycles. The first-order chi connectivity index (χ1) is 32.9. The Kier molecular flexibility index (Phi) is 9.46. The highest BCUT2D eigenvalue weighted by atomic mass is 14.6. The summed E-state index contributed by atoms with van der Waals surface area (Å²) in [4.78, 5) is 0. The average Bonchev–Trinajstić information content (AvgIpc) is 3.78. The second-order valence-corrected chi connectivity index (χ2v) is 22.9. The second-order valence-electron chi connectivity index (χ2n) is 22.9. The first kappa shape index (κ1) is 42.1. The Balaban J connectivity index is 0.943. The zero-order valence-electron chi connectivity index (χ0n) is 41.6.